The molecule has 0 radical (unpaired) electrons. The topological polar surface area (TPSA) is 86.9 Å². The molecule has 2 aliphatic heterocycles. The summed E-state index contributed by atoms with van der Waals surface area (Å²) in [6.45, 7) is 3.79. The molecule has 2 saturated heterocycles. The van der Waals surface area contributed by atoms with Crippen LogP contribution >= 0.6 is 0 Å². The standard InChI is InChI=1S/C13H23N3O3/c1-2-9-3-6-16(11(7-9)12(17)18)13(19)15-5-4-10(14)8-15/h9-11H,2-8,14H2,1H3,(H,17,18). The van der Waals surface area contributed by atoms with Gasteiger partial charge >= 0.3 is 12.0 Å². The summed E-state index contributed by atoms with van der Waals surface area (Å²) in [7, 11) is 0. The lowest BCUT2D eigenvalue weighted by atomic mass is 9.89. The zero-order valence-corrected chi connectivity index (χ0v) is 11.4. The van der Waals surface area contributed by atoms with Crippen molar-refractivity contribution in [2.75, 3.05) is 19.6 Å². The van der Waals surface area contributed by atoms with Crippen molar-refractivity contribution in [3.05, 3.63) is 0 Å². The van der Waals surface area contributed by atoms with Gasteiger partial charge in [-0.2, -0.15) is 0 Å². The smallest absolute Gasteiger partial charge is 0.326 e. The van der Waals surface area contributed by atoms with E-state index in [9.17, 15) is 14.7 Å². The van der Waals surface area contributed by atoms with Gasteiger partial charge in [0.1, 0.15) is 6.04 Å². The Morgan fingerprint density at radius 3 is 2.58 bits per heavy atom. The molecule has 3 atom stereocenters. The fourth-order valence-corrected chi connectivity index (χ4v) is 3.01. The molecule has 2 fully saturated rings. The van der Waals surface area contributed by atoms with Crippen LogP contribution in [0.4, 0.5) is 4.79 Å². The van der Waals surface area contributed by atoms with E-state index in [1.807, 2.05) is 0 Å². The SMILES string of the molecule is CCC1CCN(C(=O)N2CCC(N)C2)C(C(=O)O)C1. The van der Waals surface area contributed by atoms with Gasteiger partial charge in [0.25, 0.3) is 0 Å². The Morgan fingerprint density at radius 2 is 2.05 bits per heavy atom. The molecule has 0 spiro atoms. The van der Waals surface area contributed by atoms with Gasteiger partial charge in [-0.25, -0.2) is 9.59 Å². The maximum absolute atomic E-state index is 12.4. The van der Waals surface area contributed by atoms with E-state index in [4.69, 9.17) is 5.73 Å². The van der Waals surface area contributed by atoms with Crippen molar-refractivity contribution >= 4 is 12.0 Å². The van der Waals surface area contributed by atoms with Crippen LogP contribution in [0.3, 0.4) is 0 Å². The first-order chi connectivity index (χ1) is 9.02. The fourth-order valence-electron chi connectivity index (χ4n) is 3.01. The average Bonchev–Trinajstić information content (AvgIpc) is 2.83. The van der Waals surface area contributed by atoms with Crippen LogP contribution in [-0.2, 0) is 4.79 Å². The number of urea groups is 1. The summed E-state index contributed by atoms with van der Waals surface area (Å²) < 4.78 is 0. The number of carbonyl (C=O) groups is 2. The number of rotatable bonds is 2. The van der Waals surface area contributed by atoms with Crippen molar-refractivity contribution in [2.24, 2.45) is 11.7 Å². The molecule has 6 nitrogen and oxygen atoms in total. The Balaban J connectivity index is 2.04. The Morgan fingerprint density at radius 1 is 1.32 bits per heavy atom. The minimum Gasteiger partial charge on any atom is -0.480 e. The van der Waals surface area contributed by atoms with E-state index >= 15 is 0 Å². The molecular weight excluding hydrogens is 246 g/mol. The summed E-state index contributed by atoms with van der Waals surface area (Å²) in [5.74, 6) is -0.485. The number of carboxylic acids is 1. The van der Waals surface area contributed by atoms with Gasteiger partial charge < -0.3 is 20.6 Å². The maximum Gasteiger partial charge on any atom is 0.326 e. The molecule has 2 rings (SSSR count). The number of nitrogens with zero attached hydrogens (tertiary/aromatic N) is 2. The second-order valence-corrected chi connectivity index (χ2v) is 5.62. The number of piperidine rings is 1. The number of nitrogens with two attached hydrogens (primary N) is 1. The van der Waals surface area contributed by atoms with E-state index in [1.165, 1.54) is 4.90 Å². The van der Waals surface area contributed by atoms with Crippen LogP contribution in [0, 0.1) is 5.92 Å². The lowest BCUT2D eigenvalue weighted by Crippen LogP contribution is -2.54. The van der Waals surface area contributed by atoms with Crippen molar-refractivity contribution < 1.29 is 14.7 Å². The third kappa shape index (κ3) is 3.00. The normalized spacial score (nSPS) is 31.6. The van der Waals surface area contributed by atoms with E-state index in [-0.39, 0.29) is 12.1 Å². The summed E-state index contributed by atoms with van der Waals surface area (Å²) in [6.07, 6.45) is 3.23. The maximum atomic E-state index is 12.4. The van der Waals surface area contributed by atoms with Crippen molar-refractivity contribution in [3.8, 4) is 0 Å². The molecule has 0 aliphatic carbocycles. The van der Waals surface area contributed by atoms with Crippen LogP contribution in [0.25, 0.3) is 0 Å². The van der Waals surface area contributed by atoms with E-state index in [2.05, 4.69) is 6.92 Å². The van der Waals surface area contributed by atoms with Gasteiger partial charge in [0.2, 0.25) is 0 Å². The molecule has 0 aromatic rings. The summed E-state index contributed by atoms with van der Waals surface area (Å²) >= 11 is 0. The third-order valence-electron chi connectivity index (χ3n) is 4.31. The largest absolute Gasteiger partial charge is 0.480 e. The Hall–Kier alpha value is -1.30. The average molecular weight is 269 g/mol. The predicted octanol–water partition coefficient (Wildman–Crippen LogP) is 0.715. The molecule has 19 heavy (non-hydrogen) atoms. The van der Waals surface area contributed by atoms with Crippen LogP contribution in [0.1, 0.15) is 32.6 Å². The molecule has 0 aromatic carbocycles. The van der Waals surface area contributed by atoms with Crippen LogP contribution in [0.5, 0.6) is 0 Å². The van der Waals surface area contributed by atoms with Crippen LogP contribution in [-0.4, -0.2) is 58.6 Å². The fraction of sp³-hybridized carbons (Fsp3) is 0.846. The highest BCUT2D eigenvalue weighted by Gasteiger charge is 2.38. The first-order valence-corrected chi connectivity index (χ1v) is 7.06. The molecule has 2 aliphatic rings. The highest BCUT2D eigenvalue weighted by molar-refractivity contribution is 5.83. The van der Waals surface area contributed by atoms with Gasteiger partial charge in [-0.15, -0.1) is 0 Å². The van der Waals surface area contributed by atoms with E-state index in [1.54, 1.807) is 4.90 Å². The van der Waals surface area contributed by atoms with Crippen molar-refractivity contribution in [1.82, 2.24) is 9.80 Å². The Bertz CT molecular complexity index is 361. The molecular formula is C13H23N3O3. The number of likely N-dealkylation sites (tertiary alicyclic amines) is 2. The highest BCUT2D eigenvalue weighted by Crippen LogP contribution is 2.27. The molecule has 6 heteroatoms. The van der Waals surface area contributed by atoms with Crippen molar-refractivity contribution in [2.45, 2.75) is 44.7 Å². The molecule has 0 bridgehead atoms. The zero-order valence-electron chi connectivity index (χ0n) is 11.4. The lowest BCUT2D eigenvalue weighted by Gasteiger charge is -2.38. The minimum absolute atomic E-state index is 0.0282. The number of hydrogen-bond donors (Lipinski definition) is 2. The Labute approximate surface area is 113 Å². The first-order valence-electron chi connectivity index (χ1n) is 7.06. The summed E-state index contributed by atoms with van der Waals surface area (Å²) in [6, 6.07) is -0.807. The second-order valence-electron chi connectivity index (χ2n) is 5.62. The molecule has 0 aromatic heterocycles. The quantitative estimate of drug-likeness (QED) is 0.773. The van der Waals surface area contributed by atoms with E-state index < -0.39 is 12.0 Å². The molecule has 3 N–H and O–H groups in total. The molecule has 108 valence electrons. The van der Waals surface area contributed by atoms with Gasteiger partial charge in [0.15, 0.2) is 0 Å². The zero-order chi connectivity index (χ0) is 14.0. The third-order valence-corrected chi connectivity index (χ3v) is 4.31. The van der Waals surface area contributed by atoms with E-state index in [0.29, 0.717) is 32.0 Å². The molecule has 0 saturated carbocycles. The van der Waals surface area contributed by atoms with Crippen LogP contribution in [0.15, 0.2) is 0 Å². The predicted molar refractivity (Wildman–Crippen MR) is 70.7 cm³/mol. The molecule has 2 amide bonds. The van der Waals surface area contributed by atoms with Crippen molar-refractivity contribution in [3.63, 3.8) is 0 Å². The number of carboxylic acid groups (broad SMARTS) is 1. The van der Waals surface area contributed by atoms with Crippen LogP contribution < -0.4 is 5.73 Å². The first kappa shape index (κ1) is 14.1. The number of aliphatic carboxylic acids is 1. The molecule has 3 unspecified atom stereocenters. The summed E-state index contributed by atoms with van der Waals surface area (Å²) in [5.41, 5.74) is 5.80. The van der Waals surface area contributed by atoms with Gasteiger partial charge in [0, 0.05) is 25.7 Å². The van der Waals surface area contributed by atoms with Crippen molar-refractivity contribution in [1.29, 1.82) is 0 Å². The minimum atomic E-state index is -0.894. The molecule has 2 heterocycles. The Kier molecular flexibility index (Phi) is 4.29. The number of hydrogen-bond acceptors (Lipinski definition) is 3. The lowest BCUT2D eigenvalue weighted by molar-refractivity contribution is -0.144. The van der Waals surface area contributed by atoms with E-state index in [0.717, 1.165) is 19.3 Å². The van der Waals surface area contributed by atoms with Gasteiger partial charge in [-0.3, -0.25) is 0 Å². The summed E-state index contributed by atoms with van der Waals surface area (Å²) in [4.78, 5) is 27.0. The second kappa shape index (κ2) is 5.77. The van der Waals surface area contributed by atoms with Gasteiger partial charge in [-0.1, -0.05) is 13.3 Å². The number of carbonyl (C=O) groups excluding carboxylic acids is 1. The van der Waals surface area contributed by atoms with Crippen LogP contribution in [0.2, 0.25) is 0 Å². The van der Waals surface area contributed by atoms with Gasteiger partial charge in [-0.05, 0) is 25.2 Å². The summed E-state index contributed by atoms with van der Waals surface area (Å²) in [5, 5.41) is 9.33. The van der Waals surface area contributed by atoms with Gasteiger partial charge in [0.05, 0.1) is 0 Å². The highest BCUT2D eigenvalue weighted by atomic mass is 16.4. The number of amides is 2. The monoisotopic (exact) mass is 269 g/mol.